The Balaban J connectivity index is 1.87. The van der Waals surface area contributed by atoms with E-state index in [4.69, 9.17) is 4.74 Å². The summed E-state index contributed by atoms with van der Waals surface area (Å²) < 4.78 is 5.92. The molecule has 3 rings (SSSR count). The summed E-state index contributed by atoms with van der Waals surface area (Å²) in [6, 6.07) is 21.6. The number of para-hydroxylation sites is 3. The molecule has 0 saturated carbocycles. The van der Waals surface area contributed by atoms with Gasteiger partial charge in [-0.05, 0) is 42.5 Å². The van der Waals surface area contributed by atoms with E-state index in [0.717, 1.165) is 11.4 Å². The van der Waals surface area contributed by atoms with Crippen LogP contribution in [-0.4, -0.2) is 17.0 Å². The van der Waals surface area contributed by atoms with Crippen LogP contribution in [0, 0.1) is 0 Å². The van der Waals surface area contributed by atoms with Crippen molar-refractivity contribution in [1.82, 2.24) is 0 Å². The molecular weight excluding hydrogens is 356 g/mol. The number of carboxylic acids is 1. The summed E-state index contributed by atoms with van der Waals surface area (Å²) in [5.74, 6) is -0.497. The third-order valence-corrected chi connectivity index (χ3v) is 3.98. The Bertz CT molecular complexity index is 987. The number of ether oxygens (including phenoxy) is 1. The Morgan fingerprint density at radius 1 is 0.929 bits per heavy atom. The van der Waals surface area contributed by atoms with Crippen LogP contribution < -0.4 is 15.4 Å². The van der Waals surface area contributed by atoms with Gasteiger partial charge in [-0.15, -0.1) is 0 Å². The number of benzene rings is 3. The van der Waals surface area contributed by atoms with Crippen molar-refractivity contribution < 1.29 is 19.4 Å². The van der Waals surface area contributed by atoms with Crippen molar-refractivity contribution in [3.63, 3.8) is 0 Å². The summed E-state index contributed by atoms with van der Waals surface area (Å²) in [6.45, 7) is 1.70. The zero-order valence-electron chi connectivity index (χ0n) is 15.3. The molecule has 1 amide bonds. The molecule has 0 heterocycles. The van der Waals surface area contributed by atoms with Crippen molar-refractivity contribution in [1.29, 1.82) is 0 Å². The fraction of sp³-hybridized carbons (Fsp3) is 0.0909. The smallest absolute Gasteiger partial charge is 0.337 e. The van der Waals surface area contributed by atoms with Crippen LogP contribution in [0.1, 0.15) is 23.7 Å². The quantitative estimate of drug-likeness (QED) is 0.523. The van der Waals surface area contributed by atoms with Gasteiger partial charge in [0, 0.05) is 12.1 Å². The Labute approximate surface area is 162 Å². The minimum Gasteiger partial charge on any atom is -0.478 e. The Kier molecular flexibility index (Phi) is 5.91. The van der Waals surface area contributed by atoms with Crippen LogP contribution >= 0.6 is 0 Å². The lowest BCUT2D eigenvalue weighted by Gasteiger charge is -2.14. The predicted octanol–water partition coefficient (Wildman–Crippen LogP) is 5.27. The summed E-state index contributed by atoms with van der Waals surface area (Å²) in [6.07, 6.45) is 0.260. The molecular formula is C22H20N2O4. The van der Waals surface area contributed by atoms with Crippen LogP contribution in [0.2, 0.25) is 0 Å². The van der Waals surface area contributed by atoms with E-state index in [0.29, 0.717) is 11.5 Å². The molecule has 0 saturated heterocycles. The number of carbonyl (C=O) groups excluding carboxylic acids is 1. The molecule has 0 fully saturated rings. The van der Waals surface area contributed by atoms with Crippen molar-refractivity contribution >= 4 is 28.9 Å². The number of rotatable bonds is 7. The molecule has 0 radical (unpaired) electrons. The largest absolute Gasteiger partial charge is 0.478 e. The normalized spacial score (nSPS) is 10.2. The predicted molar refractivity (Wildman–Crippen MR) is 109 cm³/mol. The highest BCUT2D eigenvalue weighted by Crippen LogP contribution is 2.33. The minimum atomic E-state index is -1.15. The van der Waals surface area contributed by atoms with Crippen LogP contribution in [0.15, 0.2) is 72.8 Å². The summed E-state index contributed by atoms with van der Waals surface area (Å²) in [5, 5.41) is 15.3. The lowest BCUT2D eigenvalue weighted by molar-refractivity contribution is -0.115. The highest BCUT2D eigenvalue weighted by atomic mass is 16.5. The average molecular weight is 376 g/mol. The number of carbonyl (C=O) groups is 2. The number of hydrogen-bond acceptors (Lipinski definition) is 4. The van der Waals surface area contributed by atoms with Gasteiger partial charge in [0.25, 0.3) is 0 Å². The van der Waals surface area contributed by atoms with E-state index >= 15 is 0 Å². The Morgan fingerprint density at radius 3 is 2.36 bits per heavy atom. The lowest BCUT2D eigenvalue weighted by atomic mass is 10.1. The fourth-order valence-electron chi connectivity index (χ4n) is 2.57. The number of nitrogens with one attached hydrogen (secondary N) is 2. The van der Waals surface area contributed by atoms with Gasteiger partial charge in [-0.2, -0.15) is 0 Å². The molecule has 0 aliphatic heterocycles. The third-order valence-electron chi connectivity index (χ3n) is 3.98. The zero-order chi connectivity index (χ0) is 19.9. The van der Waals surface area contributed by atoms with Crippen LogP contribution in [0.5, 0.6) is 11.5 Å². The summed E-state index contributed by atoms with van der Waals surface area (Å²) >= 11 is 0. The van der Waals surface area contributed by atoms with E-state index in [1.807, 2.05) is 48.5 Å². The van der Waals surface area contributed by atoms with Gasteiger partial charge in [0.2, 0.25) is 5.91 Å². The van der Waals surface area contributed by atoms with E-state index in [2.05, 4.69) is 10.6 Å². The fourth-order valence-corrected chi connectivity index (χ4v) is 2.57. The van der Waals surface area contributed by atoms with Crippen LogP contribution in [0.4, 0.5) is 17.1 Å². The summed E-state index contributed by atoms with van der Waals surface area (Å²) in [4.78, 5) is 23.2. The average Bonchev–Trinajstić information content (AvgIpc) is 2.71. The van der Waals surface area contributed by atoms with Gasteiger partial charge in [-0.25, -0.2) is 4.79 Å². The number of hydrogen-bond donors (Lipinski definition) is 3. The lowest BCUT2D eigenvalue weighted by Crippen LogP contribution is -2.13. The van der Waals surface area contributed by atoms with E-state index in [-0.39, 0.29) is 23.6 Å². The Hall–Kier alpha value is -3.80. The molecule has 3 aromatic rings. The topological polar surface area (TPSA) is 87.7 Å². The SMILES string of the molecule is CCC(=O)Nc1ccc(Oc2ccccc2Nc2ccccc2)cc1C(=O)O. The van der Waals surface area contributed by atoms with Crippen molar-refractivity contribution in [3.8, 4) is 11.5 Å². The molecule has 0 aliphatic rings. The molecule has 6 nitrogen and oxygen atoms in total. The monoisotopic (exact) mass is 376 g/mol. The van der Waals surface area contributed by atoms with Gasteiger partial charge in [0.05, 0.1) is 16.9 Å². The van der Waals surface area contributed by atoms with Gasteiger partial charge in [-0.1, -0.05) is 37.3 Å². The molecule has 6 heteroatoms. The first kappa shape index (κ1) is 19.0. The van der Waals surface area contributed by atoms with Gasteiger partial charge in [-0.3, -0.25) is 4.79 Å². The summed E-state index contributed by atoms with van der Waals surface area (Å²) in [7, 11) is 0. The number of carboxylic acid groups (broad SMARTS) is 1. The summed E-state index contributed by atoms with van der Waals surface area (Å²) in [5.41, 5.74) is 1.85. The molecule has 0 aliphatic carbocycles. The van der Waals surface area contributed by atoms with E-state index in [1.165, 1.54) is 12.1 Å². The van der Waals surface area contributed by atoms with Gasteiger partial charge >= 0.3 is 5.97 Å². The molecule has 0 bridgehead atoms. The van der Waals surface area contributed by atoms with Gasteiger partial charge < -0.3 is 20.5 Å². The first-order chi connectivity index (χ1) is 13.6. The third kappa shape index (κ3) is 4.67. The molecule has 142 valence electrons. The highest BCUT2D eigenvalue weighted by molar-refractivity contribution is 6.00. The van der Waals surface area contributed by atoms with Crippen LogP contribution in [0.3, 0.4) is 0 Å². The van der Waals surface area contributed by atoms with Crippen molar-refractivity contribution in [2.45, 2.75) is 13.3 Å². The standard InChI is InChI=1S/C22H20N2O4/c1-2-21(25)24-18-13-12-16(14-17(18)22(26)27)28-20-11-7-6-10-19(20)23-15-8-4-3-5-9-15/h3-14,23H,2H2,1H3,(H,24,25)(H,26,27). The van der Waals surface area contributed by atoms with Gasteiger partial charge in [0.1, 0.15) is 5.75 Å². The number of anilines is 3. The zero-order valence-corrected chi connectivity index (χ0v) is 15.3. The van der Waals surface area contributed by atoms with E-state index in [9.17, 15) is 14.7 Å². The molecule has 0 unspecified atom stereocenters. The molecule has 3 N–H and O–H groups in total. The van der Waals surface area contributed by atoms with Crippen LogP contribution in [-0.2, 0) is 4.79 Å². The number of aromatic carboxylic acids is 1. The first-order valence-corrected chi connectivity index (χ1v) is 8.83. The van der Waals surface area contributed by atoms with Crippen molar-refractivity contribution in [2.24, 2.45) is 0 Å². The van der Waals surface area contributed by atoms with Gasteiger partial charge in [0.15, 0.2) is 5.75 Å². The van der Waals surface area contributed by atoms with Crippen molar-refractivity contribution in [3.05, 3.63) is 78.4 Å². The first-order valence-electron chi connectivity index (χ1n) is 8.83. The molecule has 3 aromatic carbocycles. The Morgan fingerprint density at radius 2 is 1.64 bits per heavy atom. The molecule has 0 spiro atoms. The maximum Gasteiger partial charge on any atom is 0.337 e. The maximum absolute atomic E-state index is 11.6. The molecule has 28 heavy (non-hydrogen) atoms. The number of amides is 1. The highest BCUT2D eigenvalue weighted by Gasteiger charge is 2.14. The van der Waals surface area contributed by atoms with E-state index < -0.39 is 5.97 Å². The molecule has 0 atom stereocenters. The van der Waals surface area contributed by atoms with E-state index in [1.54, 1.807) is 19.1 Å². The van der Waals surface area contributed by atoms with Crippen LogP contribution in [0.25, 0.3) is 0 Å². The second-order valence-electron chi connectivity index (χ2n) is 6.00. The molecule has 0 aromatic heterocycles. The minimum absolute atomic E-state index is 0.0344. The second-order valence-corrected chi connectivity index (χ2v) is 6.00. The maximum atomic E-state index is 11.6. The van der Waals surface area contributed by atoms with Crippen molar-refractivity contribution in [2.75, 3.05) is 10.6 Å². The second kappa shape index (κ2) is 8.73.